The summed E-state index contributed by atoms with van der Waals surface area (Å²) in [4.78, 5) is 140. The number of nitrogens with one attached hydrogen (secondary N) is 7. The Labute approximate surface area is 430 Å². The van der Waals surface area contributed by atoms with Gasteiger partial charge in [0, 0.05) is 32.4 Å². The van der Waals surface area contributed by atoms with Gasteiger partial charge in [-0.3, -0.25) is 52.9 Å². The van der Waals surface area contributed by atoms with E-state index in [0.29, 0.717) is 31.4 Å². The van der Waals surface area contributed by atoms with Crippen molar-refractivity contribution in [3.05, 3.63) is 71.8 Å². The van der Waals surface area contributed by atoms with Crippen molar-refractivity contribution in [2.45, 2.75) is 146 Å². The van der Waals surface area contributed by atoms with Crippen molar-refractivity contribution < 1.29 is 47.9 Å². The Morgan fingerprint density at radius 1 is 0.649 bits per heavy atom. The average molecular weight is 1030 g/mol. The second-order valence-corrected chi connectivity index (χ2v) is 19.0. The molecule has 8 atom stereocenters. The van der Waals surface area contributed by atoms with Crippen LogP contribution >= 0.6 is 0 Å². The van der Waals surface area contributed by atoms with E-state index in [2.05, 4.69) is 42.2 Å². The number of nitrogens with zero attached hydrogens (tertiary/aromatic N) is 2. The number of benzene rings is 2. The summed E-state index contributed by atoms with van der Waals surface area (Å²) in [5.41, 5.74) is 28.9. The predicted octanol–water partition coefficient (Wildman–Crippen LogP) is -2.76. The van der Waals surface area contributed by atoms with Crippen molar-refractivity contribution in [3.63, 3.8) is 0 Å². The van der Waals surface area contributed by atoms with Crippen molar-refractivity contribution in [2.24, 2.45) is 39.6 Å². The summed E-state index contributed by atoms with van der Waals surface area (Å²) in [6, 6.07) is 8.17. The zero-order chi connectivity index (χ0) is 54.3. The molecule has 74 heavy (non-hydrogen) atoms. The number of likely N-dealkylation sites (tertiary alicyclic amines) is 1. The van der Waals surface area contributed by atoms with Crippen LogP contribution in [0.15, 0.2) is 65.7 Å². The molecule has 0 saturated carbocycles. The molecule has 0 unspecified atom stereocenters. The molecule has 2 aromatic rings. The van der Waals surface area contributed by atoms with Gasteiger partial charge >= 0.3 is 0 Å². The van der Waals surface area contributed by atoms with Crippen molar-refractivity contribution in [2.75, 3.05) is 19.6 Å². The maximum absolute atomic E-state index is 14.7. The minimum Gasteiger partial charge on any atom is -0.370 e. The van der Waals surface area contributed by atoms with Gasteiger partial charge in [-0.25, -0.2) is 0 Å². The molecule has 2 saturated heterocycles. The van der Waals surface area contributed by atoms with Crippen molar-refractivity contribution in [3.8, 4) is 0 Å². The van der Waals surface area contributed by atoms with Gasteiger partial charge < -0.3 is 70.8 Å². The molecule has 2 heterocycles. The third kappa shape index (κ3) is 19.4. The molecule has 10 amide bonds. The summed E-state index contributed by atoms with van der Waals surface area (Å²) in [5.74, 6) is -7.38. The van der Waals surface area contributed by atoms with Crippen molar-refractivity contribution in [1.82, 2.24) is 42.1 Å². The molecule has 2 fully saturated rings. The smallest absolute Gasteiger partial charge is 0.245 e. The topological polar surface area (TPSA) is 401 Å². The zero-order valence-electron chi connectivity index (χ0n) is 42.1. The maximum Gasteiger partial charge on any atom is 0.245 e. The molecule has 24 heteroatoms. The molecular formula is C50H74N14O10. The van der Waals surface area contributed by atoms with Gasteiger partial charge in [0.15, 0.2) is 5.96 Å². The van der Waals surface area contributed by atoms with E-state index in [-0.39, 0.29) is 88.7 Å². The summed E-state index contributed by atoms with van der Waals surface area (Å²) in [5, 5.41) is 18.9. The van der Waals surface area contributed by atoms with Crippen molar-refractivity contribution in [1.29, 1.82) is 0 Å². The van der Waals surface area contributed by atoms with Gasteiger partial charge in [-0.05, 0) is 81.4 Å². The second kappa shape index (κ2) is 29.8. The first-order valence-corrected chi connectivity index (χ1v) is 25.1. The molecule has 0 radical (unpaired) electrons. The Morgan fingerprint density at radius 3 is 1.72 bits per heavy atom. The molecule has 4 rings (SSSR count). The highest BCUT2D eigenvalue weighted by molar-refractivity contribution is 5.99. The lowest BCUT2D eigenvalue weighted by Gasteiger charge is -2.31. The van der Waals surface area contributed by atoms with Crippen molar-refractivity contribution >= 4 is 65.0 Å². The molecule has 0 spiro atoms. The first kappa shape index (κ1) is 58.9. The van der Waals surface area contributed by atoms with Gasteiger partial charge in [0.05, 0.1) is 6.42 Å². The molecule has 2 aliphatic rings. The van der Waals surface area contributed by atoms with E-state index < -0.39 is 108 Å². The number of amides is 10. The average Bonchev–Trinajstić information content (AvgIpc) is 4.04. The van der Waals surface area contributed by atoms with Crippen LogP contribution in [-0.2, 0) is 60.8 Å². The summed E-state index contributed by atoms with van der Waals surface area (Å²) >= 11 is 0. The number of carbonyl (C=O) groups is 10. The number of carbonyl (C=O) groups excluding carboxylic acids is 10. The lowest BCUT2D eigenvalue weighted by Crippen LogP contribution is -2.60. The van der Waals surface area contributed by atoms with Crippen LogP contribution in [0, 0.1) is 5.92 Å². The maximum atomic E-state index is 14.7. The van der Waals surface area contributed by atoms with Crippen LogP contribution in [0.3, 0.4) is 0 Å². The van der Waals surface area contributed by atoms with Gasteiger partial charge in [-0.1, -0.05) is 74.5 Å². The minimum atomic E-state index is -1.44. The van der Waals surface area contributed by atoms with Crippen LogP contribution < -0.4 is 65.9 Å². The van der Waals surface area contributed by atoms with E-state index in [9.17, 15) is 47.9 Å². The van der Waals surface area contributed by atoms with Crippen LogP contribution in [0.1, 0.15) is 95.6 Å². The van der Waals surface area contributed by atoms with E-state index in [0.717, 1.165) is 5.56 Å². The van der Waals surface area contributed by atoms with E-state index in [1.165, 1.54) is 4.90 Å². The fourth-order valence-corrected chi connectivity index (χ4v) is 8.71. The van der Waals surface area contributed by atoms with E-state index >= 15 is 0 Å². The lowest BCUT2D eigenvalue weighted by molar-refractivity contribution is -0.142. The largest absolute Gasteiger partial charge is 0.370 e. The second-order valence-electron chi connectivity index (χ2n) is 19.0. The SMILES string of the molecule is CC(C)C[C@H](NC(=O)[C@H](Cc1ccccc1)NC(=O)[C@@H]1CCC(=O)N1)C(=O)N[C@@H](Cc1ccccc1)C(=O)N[C@@H](CCCN=C(N)N)C(=O)N1CCC[C@H]1C(=O)N[C@@H](CCCCN)C(=O)N[C@@H](CC(N)=O)C(N)=O. The highest BCUT2D eigenvalue weighted by Crippen LogP contribution is 2.21. The van der Waals surface area contributed by atoms with Crippen LogP contribution in [0.5, 0.6) is 0 Å². The number of nitrogens with two attached hydrogens (primary N) is 5. The summed E-state index contributed by atoms with van der Waals surface area (Å²) in [7, 11) is 0. The quantitative estimate of drug-likeness (QED) is 0.0215. The highest BCUT2D eigenvalue weighted by atomic mass is 16.2. The van der Waals surface area contributed by atoms with Gasteiger partial charge in [0.2, 0.25) is 59.1 Å². The normalized spacial score (nSPS) is 17.5. The molecule has 2 aliphatic heterocycles. The summed E-state index contributed by atoms with van der Waals surface area (Å²) < 4.78 is 0. The summed E-state index contributed by atoms with van der Waals surface area (Å²) in [6.07, 6.45) is 1.71. The molecule has 17 N–H and O–H groups in total. The fourth-order valence-electron chi connectivity index (χ4n) is 8.71. The molecule has 0 aliphatic carbocycles. The molecule has 0 aromatic heterocycles. The molecule has 24 nitrogen and oxygen atoms in total. The third-order valence-electron chi connectivity index (χ3n) is 12.5. The number of primary amides is 2. The fraction of sp³-hybridized carbons (Fsp3) is 0.540. The van der Waals surface area contributed by atoms with Gasteiger partial charge in [-0.15, -0.1) is 0 Å². The van der Waals surface area contributed by atoms with Crippen LogP contribution in [0.4, 0.5) is 0 Å². The Kier molecular flexibility index (Phi) is 23.7. The van der Waals surface area contributed by atoms with Gasteiger partial charge in [0.25, 0.3) is 0 Å². The number of guanidine groups is 1. The Balaban J connectivity index is 1.60. The standard InChI is InChI=1S/C50H74N14O10/c1-29(2)25-36(61-47(72)38(27-31-15-7-4-8-16-31)62-44(69)33-20-21-41(66)57-33)45(70)63-37(26-30-13-5-3-6-14-30)46(71)59-34(18-11-23-56-50(54)55)49(74)64-24-12-19-39(64)48(73)58-32(17-9-10-22-51)43(68)60-35(42(53)67)28-40(52)65/h3-8,13-16,29,32-39H,9-12,17-28,51H2,1-2H3,(H2,52,65)(H2,53,67)(H,57,66)(H,58,73)(H,59,71)(H,60,68)(H,61,72)(H,62,69)(H,63,70)(H4,54,55,56)/t32-,33-,34-,35-,36-,37-,38-,39-/m0/s1. The van der Waals surface area contributed by atoms with E-state index in [1.54, 1.807) is 60.7 Å². The monoisotopic (exact) mass is 1030 g/mol. The highest BCUT2D eigenvalue weighted by Gasteiger charge is 2.40. The first-order valence-electron chi connectivity index (χ1n) is 25.1. The third-order valence-corrected chi connectivity index (χ3v) is 12.5. The predicted molar refractivity (Wildman–Crippen MR) is 273 cm³/mol. The van der Waals surface area contributed by atoms with Gasteiger partial charge in [0.1, 0.15) is 48.3 Å². The minimum absolute atomic E-state index is 0.0121. The molecule has 0 bridgehead atoms. The van der Waals surface area contributed by atoms with Crippen LogP contribution in [0.25, 0.3) is 0 Å². The number of rotatable bonds is 30. The Morgan fingerprint density at radius 2 is 1.18 bits per heavy atom. The number of aliphatic imine (C=N–C) groups is 1. The number of hydrogen-bond acceptors (Lipinski definition) is 12. The molecule has 2 aromatic carbocycles. The lowest BCUT2D eigenvalue weighted by atomic mass is 9.99. The first-order chi connectivity index (χ1) is 35.3. The number of unbranched alkanes of at least 4 members (excludes halogenated alkanes) is 1. The zero-order valence-corrected chi connectivity index (χ0v) is 42.1. The van der Waals surface area contributed by atoms with Crippen LogP contribution in [-0.4, -0.2) is 138 Å². The van der Waals surface area contributed by atoms with E-state index in [1.807, 2.05) is 13.8 Å². The Hall–Kier alpha value is -7.63. The Bertz CT molecular complexity index is 2300. The number of hydrogen-bond donors (Lipinski definition) is 12. The van der Waals surface area contributed by atoms with Gasteiger partial charge in [-0.2, -0.15) is 0 Å². The van der Waals surface area contributed by atoms with Crippen LogP contribution in [0.2, 0.25) is 0 Å². The van der Waals surface area contributed by atoms with E-state index in [4.69, 9.17) is 28.7 Å². The summed E-state index contributed by atoms with van der Waals surface area (Å²) in [6.45, 7) is 4.17. The molecule has 404 valence electrons. The molecular weight excluding hydrogens is 957 g/mol.